The van der Waals surface area contributed by atoms with Crippen LogP contribution in [0.15, 0.2) is 47.4 Å². The van der Waals surface area contributed by atoms with Gasteiger partial charge in [0.15, 0.2) is 0 Å². The molecule has 0 spiro atoms. The average molecular weight is 355 g/mol. The van der Waals surface area contributed by atoms with Crippen molar-refractivity contribution in [3.05, 3.63) is 47.5 Å². The normalized spacial score (nSPS) is 10.9. The number of amides is 1. The van der Waals surface area contributed by atoms with Gasteiger partial charge in [-0.3, -0.25) is 9.52 Å². The second kappa shape index (κ2) is 6.89. The van der Waals surface area contributed by atoms with Gasteiger partial charge < -0.3 is 10.1 Å². The van der Waals surface area contributed by atoms with Crippen LogP contribution in [0.1, 0.15) is 6.92 Å². The smallest absolute Gasteiger partial charge is 0.265 e. The predicted molar refractivity (Wildman–Crippen MR) is 89.6 cm³/mol. The monoisotopic (exact) mass is 354 g/mol. The maximum atomic E-state index is 12.5. The van der Waals surface area contributed by atoms with Crippen molar-refractivity contribution in [3.8, 4) is 5.75 Å². The van der Waals surface area contributed by atoms with Gasteiger partial charge >= 0.3 is 0 Å². The van der Waals surface area contributed by atoms with Gasteiger partial charge in [-0.1, -0.05) is 17.7 Å². The molecule has 0 fully saturated rings. The molecule has 122 valence electrons. The van der Waals surface area contributed by atoms with E-state index in [9.17, 15) is 13.2 Å². The maximum Gasteiger partial charge on any atom is 0.265 e. The van der Waals surface area contributed by atoms with Crippen LogP contribution in [0.25, 0.3) is 0 Å². The Morgan fingerprint density at radius 2 is 1.83 bits per heavy atom. The Labute approximate surface area is 139 Å². The lowest BCUT2D eigenvalue weighted by molar-refractivity contribution is -0.114. The molecule has 0 aromatic heterocycles. The molecule has 0 radical (unpaired) electrons. The molecule has 0 unspecified atom stereocenters. The SMILES string of the molecule is COc1ccc(Cl)cc1S(=O)(=O)Nc1cccc(NC(C)=O)c1. The Balaban J connectivity index is 2.35. The molecule has 0 atom stereocenters. The van der Waals surface area contributed by atoms with Crippen molar-refractivity contribution >= 4 is 38.9 Å². The van der Waals surface area contributed by atoms with Crippen LogP contribution in [0.3, 0.4) is 0 Å². The number of hydrogen-bond acceptors (Lipinski definition) is 4. The van der Waals surface area contributed by atoms with Crippen LogP contribution < -0.4 is 14.8 Å². The van der Waals surface area contributed by atoms with E-state index in [0.717, 1.165) is 0 Å². The highest BCUT2D eigenvalue weighted by atomic mass is 35.5. The number of anilines is 2. The Morgan fingerprint density at radius 1 is 1.13 bits per heavy atom. The average Bonchev–Trinajstić information content (AvgIpc) is 2.46. The highest BCUT2D eigenvalue weighted by molar-refractivity contribution is 7.92. The predicted octanol–water partition coefficient (Wildman–Crippen LogP) is 3.11. The minimum atomic E-state index is -3.90. The molecular formula is C15H15ClN2O4S. The van der Waals surface area contributed by atoms with Gasteiger partial charge in [0.1, 0.15) is 10.6 Å². The lowest BCUT2D eigenvalue weighted by atomic mass is 10.3. The molecule has 8 heteroatoms. The van der Waals surface area contributed by atoms with E-state index < -0.39 is 10.0 Å². The molecule has 0 bridgehead atoms. The zero-order chi connectivity index (χ0) is 17.0. The Bertz CT molecular complexity index is 837. The van der Waals surface area contributed by atoms with Gasteiger partial charge in [0, 0.05) is 17.6 Å². The van der Waals surface area contributed by atoms with Gasteiger partial charge in [0.2, 0.25) is 5.91 Å². The second-order valence-electron chi connectivity index (χ2n) is 4.66. The van der Waals surface area contributed by atoms with Crippen molar-refractivity contribution in [2.75, 3.05) is 17.1 Å². The molecule has 0 aliphatic heterocycles. The summed E-state index contributed by atoms with van der Waals surface area (Å²) in [5, 5.41) is 2.86. The van der Waals surface area contributed by atoms with Gasteiger partial charge in [-0.15, -0.1) is 0 Å². The van der Waals surface area contributed by atoms with Crippen LogP contribution in [-0.2, 0) is 14.8 Å². The van der Waals surface area contributed by atoms with Crippen molar-refractivity contribution in [1.29, 1.82) is 0 Å². The topological polar surface area (TPSA) is 84.5 Å². The zero-order valence-corrected chi connectivity index (χ0v) is 14.0. The van der Waals surface area contributed by atoms with E-state index in [2.05, 4.69) is 10.0 Å². The third-order valence-electron chi connectivity index (χ3n) is 2.85. The quantitative estimate of drug-likeness (QED) is 0.864. The molecule has 1 amide bonds. The van der Waals surface area contributed by atoms with Gasteiger partial charge in [-0.2, -0.15) is 0 Å². The number of hydrogen-bond donors (Lipinski definition) is 2. The Kier molecular flexibility index (Phi) is 5.12. The molecule has 2 aromatic carbocycles. The van der Waals surface area contributed by atoms with Crippen molar-refractivity contribution in [2.24, 2.45) is 0 Å². The summed E-state index contributed by atoms with van der Waals surface area (Å²) in [6.07, 6.45) is 0. The summed E-state index contributed by atoms with van der Waals surface area (Å²) in [6.45, 7) is 1.37. The fourth-order valence-electron chi connectivity index (χ4n) is 1.93. The van der Waals surface area contributed by atoms with E-state index in [0.29, 0.717) is 11.4 Å². The zero-order valence-electron chi connectivity index (χ0n) is 12.5. The van der Waals surface area contributed by atoms with Crippen molar-refractivity contribution < 1.29 is 17.9 Å². The van der Waals surface area contributed by atoms with Gasteiger partial charge in [-0.25, -0.2) is 8.42 Å². The van der Waals surface area contributed by atoms with Crippen molar-refractivity contribution in [2.45, 2.75) is 11.8 Å². The number of halogens is 1. The van der Waals surface area contributed by atoms with Crippen LogP contribution in [0.2, 0.25) is 5.02 Å². The summed E-state index contributed by atoms with van der Waals surface area (Å²) < 4.78 is 32.6. The standard InChI is InChI=1S/C15H15ClN2O4S/c1-10(19)17-12-4-3-5-13(9-12)18-23(20,21)15-8-11(16)6-7-14(15)22-2/h3-9,18H,1-2H3,(H,17,19). The van der Waals surface area contributed by atoms with Crippen molar-refractivity contribution in [1.82, 2.24) is 0 Å². The largest absolute Gasteiger partial charge is 0.495 e. The van der Waals surface area contributed by atoms with Crippen LogP contribution in [-0.4, -0.2) is 21.4 Å². The fourth-order valence-corrected chi connectivity index (χ4v) is 3.42. The molecule has 0 aliphatic carbocycles. The number of nitrogens with one attached hydrogen (secondary N) is 2. The lowest BCUT2D eigenvalue weighted by Crippen LogP contribution is -2.14. The first-order valence-electron chi connectivity index (χ1n) is 6.56. The number of methoxy groups -OCH3 is 1. The van der Waals surface area contributed by atoms with Crippen LogP contribution in [0.4, 0.5) is 11.4 Å². The summed E-state index contributed by atoms with van der Waals surface area (Å²) >= 11 is 5.87. The lowest BCUT2D eigenvalue weighted by Gasteiger charge is -2.12. The van der Waals surface area contributed by atoms with E-state index in [1.165, 1.54) is 38.3 Å². The number of benzene rings is 2. The summed E-state index contributed by atoms with van der Waals surface area (Å²) in [5.74, 6) is -0.0681. The molecule has 0 saturated heterocycles. The van der Waals surface area contributed by atoms with Gasteiger partial charge in [0.25, 0.3) is 10.0 Å². The molecule has 2 rings (SSSR count). The summed E-state index contributed by atoms with van der Waals surface area (Å²) in [5.41, 5.74) is 0.786. The van der Waals surface area contributed by atoms with Crippen molar-refractivity contribution in [3.63, 3.8) is 0 Å². The third-order valence-corrected chi connectivity index (χ3v) is 4.49. The number of ether oxygens (including phenoxy) is 1. The number of carbonyl (C=O) groups excluding carboxylic acids is 1. The highest BCUT2D eigenvalue weighted by Gasteiger charge is 2.20. The van der Waals surface area contributed by atoms with Crippen LogP contribution in [0.5, 0.6) is 5.75 Å². The minimum absolute atomic E-state index is 0.0718. The van der Waals surface area contributed by atoms with Crippen LogP contribution >= 0.6 is 11.6 Å². The minimum Gasteiger partial charge on any atom is -0.495 e. The van der Waals surface area contributed by atoms with E-state index in [-0.39, 0.29) is 21.6 Å². The molecule has 23 heavy (non-hydrogen) atoms. The fraction of sp³-hybridized carbons (Fsp3) is 0.133. The maximum absolute atomic E-state index is 12.5. The summed E-state index contributed by atoms with van der Waals surface area (Å²) in [7, 11) is -2.52. The first-order valence-corrected chi connectivity index (χ1v) is 8.42. The molecule has 2 N–H and O–H groups in total. The first-order chi connectivity index (χ1) is 10.8. The molecule has 2 aromatic rings. The first kappa shape index (κ1) is 17.1. The Morgan fingerprint density at radius 3 is 2.48 bits per heavy atom. The third kappa shape index (κ3) is 4.37. The molecule has 0 aliphatic rings. The number of sulfonamides is 1. The summed E-state index contributed by atoms with van der Waals surface area (Å²) in [4.78, 5) is 11.0. The molecule has 0 saturated carbocycles. The van der Waals surface area contributed by atoms with Gasteiger partial charge in [-0.05, 0) is 36.4 Å². The van der Waals surface area contributed by atoms with E-state index in [1.807, 2.05) is 0 Å². The number of rotatable bonds is 5. The summed E-state index contributed by atoms with van der Waals surface area (Å²) in [6, 6.07) is 10.7. The molecular weight excluding hydrogens is 340 g/mol. The number of carbonyl (C=O) groups is 1. The second-order valence-corrected chi connectivity index (χ2v) is 6.75. The van der Waals surface area contributed by atoms with E-state index >= 15 is 0 Å². The highest BCUT2D eigenvalue weighted by Crippen LogP contribution is 2.29. The van der Waals surface area contributed by atoms with Crippen LogP contribution in [0, 0.1) is 0 Å². The molecule has 6 nitrogen and oxygen atoms in total. The Hall–Kier alpha value is -2.25. The van der Waals surface area contributed by atoms with Gasteiger partial charge in [0.05, 0.1) is 12.8 Å². The van der Waals surface area contributed by atoms with E-state index in [1.54, 1.807) is 18.2 Å². The molecule has 0 heterocycles. The van der Waals surface area contributed by atoms with E-state index in [4.69, 9.17) is 16.3 Å².